The zero-order chi connectivity index (χ0) is 19.6. The van der Waals surface area contributed by atoms with Gasteiger partial charge in [0, 0.05) is 36.0 Å². The van der Waals surface area contributed by atoms with Gasteiger partial charge >= 0.3 is 0 Å². The lowest BCUT2D eigenvalue weighted by Crippen LogP contribution is -2.53. The predicted octanol–water partition coefficient (Wildman–Crippen LogP) is 2.44. The van der Waals surface area contributed by atoms with Crippen LogP contribution in [-0.4, -0.2) is 39.2 Å². The molecule has 2 aliphatic rings. The van der Waals surface area contributed by atoms with Crippen LogP contribution >= 0.6 is 0 Å². The molecule has 2 atom stereocenters. The number of aliphatic hydroxyl groups excluding tert-OH is 1. The zero-order valence-corrected chi connectivity index (χ0v) is 15.3. The smallest absolute Gasteiger partial charge is 0.278 e. The fourth-order valence-corrected chi connectivity index (χ4v) is 4.17. The van der Waals surface area contributed by atoms with E-state index in [1.807, 2.05) is 0 Å². The number of guanidine groups is 1. The van der Waals surface area contributed by atoms with Crippen molar-refractivity contribution in [1.82, 2.24) is 14.9 Å². The van der Waals surface area contributed by atoms with Crippen molar-refractivity contribution in [2.75, 3.05) is 7.05 Å². The number of alkyl halides is 2. The summed E-state index contributed by atoms with van der Waals surface area (Å²) in [5, 5.41) is 10.9. The van der Waals surface area contributed by atoms with Crippen molar-refractivity contribution >= 4 is 5.96 Å². The molecule has 142 valence electrons. The van der Waals surface area contributed by atoms with Crippen molar-refractivity contribution in [2.24, 2.45) is 16.1 Å². The number of halogens is 2. The molecule has 1 aromatic heterocycles. The number of nitrogens with zero attached hydrogens (tertiary/aromatic N) is 4. The summed E-state index contributed by atoms with van der Waals surface area (Å²) in [6.07, 6.45) is 3.46. The Balaban J connectivity index is 2.00. The Morgan fingerprint density at radius 1 is 1.15 bits per heavy atom. The van der Waals surface area contributed by atoms with Gasteiger partial charge in [-0.25, -0.2) is 23.7 Å². The molecule has 8 heteroatoms. The quantitative estimate of drug-likeness (QED) is 0.802. The summed E-state index contributed by atoms with van der Waals surface area (Å²) >= 11 is 0. The molecular weight excluding hydrogens is 352 g/mol. The van der Waals surface area contributed by atoms with Crippen molar-refractivity contribution in [2.45, 2.75) is 38.0 Å². The van der Waals surface area contributed by atoms with Crippen LogP contribution in [0.3, 0.4) is 0 Å². The highest BCUT2D eigenvalue weighted by Crippen LogP contribution is 2.60. The maximum atomic E-state index is 15.3. The molecule has 0 saturated carbocycles. The summed E-state index contributed by atoms with van der Waals surface area (Å²) < 4.78 is 30.5. The Bertz CT molecular complexity index is 931. The number of aliphatic imine (C=N–C) groups is 1. The zero-order valence-electron chi connectivity index (χ0n) is 15.3. The molecule has 4 rings (SSSR count). The maximum absolute atomic E-state index is 15.3. The van der Waals surface area contributed by atoms with E-state index in [1.165, 1.54) is 31.1 Å². The highest BCUT2D eigenvalue weighted by atomic mass is 19.3. The van der Waals surface area contributed by atoms with Gasteiger partial charge in [-0.2, -0.15) is 0 Å². The lowest BCUT2D eigenvalue weighted by Gasteiger charge is -2.48. The normalized spacial score (nSPS) is 28.1. The van der Waals surface area contributed by atoms with E-state index in [9.17, 15) is 5.11 Å². The summed E-state index contributed by atoms with van der Waals surface area (Å²) in [4.78, 5) is 13.9. The number of hydrogen-bond donors (Lipinski definition) is 2. The van der Waals surface area contributed by atoms with E-state index in [0.29, 0.717) is 11.1 Å². The third-order valence-corrected chi connectivity index (χ3v) is 5.75. The number of benzene rings is 1. The minimum Gasteiger partial charge on any atom is -0.371 e. The molecule has 0 saturated heterocycles. The van der Waals surface area contributed by atoms with Crippen LogP contribution in [0.15, 0.2) is 41.9 Å². The molecule has 0 fully saturated rings. The van der Waals surface area contributed by atoms with Crippen LogP contribution < -0.4 is 5.73 Å². The second kappa shape index (κ2) is 5.45. The van der Waals surface area contributed by atoms with E-state index in [0.717, 1.165) is 0 Å². The van der Waals surface area contributed by atoms with Crippen molar-refractivity contribution in [3.8, 4) is 11.1 Å². The van der Waals surface area contributed by atoms with Crippen LogP contribution in [0.5, 0.6) is 0 Å². The SMILES string of the molecule is CN1C(N)=NC2(CC(C)(C)C(F)(F)c3ccc(-c4cncnc4)cc32)C1O. The van der Waals surface area contributed by atoms with Crippen LogP contribution in [0.4, 0.5) is 8.78 Å². The third kappa shape index (κ3) is 2.29. The predicted molar refractivity (Wildman–Crippen MR) is 96.8 cm³/mol. The van der Waals surface area contributed by atoms with Crippen LogP contribution in [0.25, 0.3) is 11.1 Å². The minimum atomic E-state index is -3.08. The summed E-state index contributed by atoms with van der Waals surface area (Å²) in [5.74, 6) is -2.95. The number of fused-ring (bicyclic) bond motifs is 2. The number of aliphatic hydroxyl groups is 1. The molecule has 6 nitrogen and oxygen atoms in total. The molecule has 3 N–H and O–H groups in total. The van der Waals surface area contributed by atoms with Gasteiger partial charge in [0.25, 0.3) is 5.92 Å². The van der Waals surface area contributed by atoms with Gasteiger partial charge in [0.2, 0.25) is 0 Å². The number of rotatable bonds is 1. The van der Waals surface area contributed by atoms with Gasteiger partial charge in [0.15, 0.2) is 12.2 Å². The van der Waals surface area contributed by atoms with Gasteiger partial charge in [-0.1, -0.05) is 26.0 Å². The standard InChI is InChI=1S/C19H21F2N5O/c1-17(2)9-18(15(27)26(3)16(22)25-18)14-6-11(12-7-23-10-24-8-12)4-5-13(14)19(17,20)21/h4-8,10,15,27H,9H2,1-3H3,(H2,22,25). The second-order valence-electron chi connectivity index (χ2n) is 7.90. The Morgan fingerprint density at radius 3 is 2.41 bits per heavy atom. The van der Waals surface area contributed by atoms with Gasteiger partial charge in [0.1, 0.15) is 11.9 Å². The molecule has 2 unspecified atom stereocenters. The largest absolute Gasteiger partial charge is 0.371 e. The van der Waals surface area contributed by atoms with Crippen molar-refractivity contribution < 1.29 is 13.9 Å². The number of nitrogens with two attached hydrogens (primary N) is 1. The molecule has 1 aliphatic heterocycles. The monoisotopic (exact) mass is 373 g/mol. The second-order valence-corrected chi connectivity index (χ2v) is 7.90. The summed E-state index contributed by atoms with van der Waals surface area (Å²) in [6.45, 7) is 2.99. The number of likely N-dealkylation sites (N-methyl/N-ethyl adjacent to an activating group) is 1. The van der Waals surface area contributed by atoms with E-state index >= 15 is 8.78 Å². The Morgan fingerprint density at radius 2 is 1.81 bits per heavy atom. The lowest BCUT2D eigenvalue weighted by atomic mass is 9.62. The average Bonchev–Trinajstić information content (AvgIpc) is 2.85. The number of hydrogen-bond acceptors (Lipinski definition) is 6. The molecule has 1 spiro atoms. The summed E-state index contributed by atoms with van der Waals surface area (Å²) in [7, 11) is 1.60. The molecular formula is C19H21F2N5O. The van der Waals surface area contributed by atoms with E-state index in [1.54, 1.807) is 31.6 Å². The van der Waals surface area contributed by atoms with Crippen LogP contribution in [0, 0.1) is 5.41 Å². The summed E-state index contributed by atoms with van der Waals surface area (Å²) in [5.41, 5.74) is 4.80. The van der Waals surface area contributed by atoms with Gasteiger partial charge in [-0.15, -0.1) is 0 Å². The van der Waals surface area contributed by atoms with Crippen molar-refractivity contribution in [1.29, 1.82) is 0 Å². The van der Waals surface area contributed by atoms with Gasteiger partial charge < -0.3 is 15.7 Å². The Labute approximate surface area is 155 Å². The highest BCUT2D eigenvalue weighted by molar-refractivity contribution is 5.81. The number of aromatic nitrogens is 2. The topological polar surface area (TPSA) is 87.6 Å². The van der Waals surface area contributed by atoms with E-state index < -0.39 is 23.1 Å². The minimum absolute atomic E-state index is 0.0407. The fourth-order valence-electron chi connectivity index (χ4n) is 4.17. The highest BCUT2D eigenvalue weighted by Gasteiger charge is 2.63. The molecule has 1 aliphatic carbocycles. The molecule has 0 bridgehead atoms. The molecule has 1 aromatic carbocycles. The van der Waals surface area contributed by atoms with E-state index in [2.05, 4.69) is 15.0 Å². The van der Waals surface area contributed by atoms with Crippen LogP contribution in [-0.2, 0) is 11.5 Å². The van der Waals surface area contributed by atoms with Gasteiger partial charge in [0.05, 0.1) is 0 Å². The average molecular weight is 373 g/mol. The first-order chi connectivity index (χ1) is 12.6. The molecule has 0 amide bonds. The van der Waals surface area contributed by atoms with Gasteiger partial charge in [-0.05, 0) is 23.6 Å². The first-order valence-electron chi connectivity index (χ1n) is 8.65. The first-order valence-corrected chi connectivity index (χ1v) is 8.65. The van der Waals surface area contributed by atoms with E-state index in [-0.39, 0.29) is 23.5 Å². The fraction of sp³-hybridized carbons (Fsp3) is 0.421. The molecule has 2 aromatic rings. The Hall–Kier alpha value is -2.61. The van der Waals surface area contributed by atoms with Crippen LogP contribution in [0.1, 0.15) is 31.4 Å². The Kier molecular flexibility index (Phi) is 3.59. The molecule has 0 radical (unpaired) electrons. The molecule has 27 heavy (non-hydrogen) atoms. The lowest BCUT2D eigenvalue weighted by molar-refractivity contribution is -0.150. The van der Waals surface area contributed by atoms with Gasteiger partial charge in [-0.3, -0.25) is 0 Å². The maximum Gasteiger partial charge on any atom is 0.278 e. The first kappa shape index (κ1) is 17.8. The van der Waals surface area contributed by atoms with Crippen molar-refractivity contribution in [3.63, 3.8) is 0 Å². The third-order valence-electron chi connectivity index (χ3n) is 5.75. The molecule has 2 heterocycles. The van der Waals surface area contributed by atoms with Crippen molar-refractivity contribution in [3.05, 3.63) is 48.0 Å². The van der Waals surface area contributed by atoms with Crippen LogP contribution in [0.2, 0.25) is 0 Å². The summed E-state index contributed by atoms with van der Waals surface area (Å²) in [6, 6.07) is 4.69. The van der Waals surface area contributed by atoms with E-state index in [4.69, 9.17) is 5.73 Å².